The fraction of sp³-hybridized carbons (Fsp3) is 0.462. The molecule has 2 rings (SSSR count). The average Bonchev–Trinajstić information content (AvgIpc) is 2.83. The molecule has 2 aromatic rings. The smallest absolute Gasteiger partial charge is 0.243 e. The molecule has 0 heterocycles. The number of hydrogen-bond donors (Lipinski definition) is 1. The summed E-state index contributed by atoms with van der Waals surface area (Å²) in [6.07, 6.45) is 2.52. The van der Waals surface area contributed by atoms with Crippen molar-refractivity contribution in [3.05, 3.63) is 63.1 Å². The lowest BCUT2D eigenvalue weighted by atomic mass is 10.1. The second kappa shape index (κ2) is 14.2. The maximum atomic E-state index is 13.5. The van der Waals surface area contributed by atoms with Gasteiger partial charge in [-0.25, -0.2) is 8.42 Å². The van der Waals surface area contributed by atoms with E-state index in [4.69, 9.17) is 34.8 Å². The minimum atomic E-state index is -3.69. The Labute approximate surface area is 235 Å². The number of carbonyl (C=O) groups is 2. The molecule has 0 radical (unpaired) electrons. The third kappa shape index (κ3) is 9.36. The summed E-state index contributed by atoms with van der Waals surface area (Å²) in [5.74, 6) is -0.477. The molecule has 0 unspecified atom stereocenters. The molecule has 0 fully saturated rings. The van der Waals surface area contributed by atoms with Crippen molar-refractivity contribution in [1.82, 2.24) is 10.2 Å². The van der Waals surface area contributed by atoms with Crippen molar-refractivity contribution in [2.45, 2.75) is 65.1 Å². The molecule has 2 atom stereocenters. The number of nitrogens with one attached hydrogen (secondary N) is 1. The lowest BCUT2D eigenvalue weighted by molar-refractivity contribution is -0.141. The molecule has 0 aromatic heterocycles. The number of carbonyl (C=O) groups excluding carboxylic acids is 2. The Morgan fingerprint density at radius 1 is 0.973 bits per heavy atom. The SMILES string of the molecule is CC[C@@H](C)NC(=O)[C@@H](CC)N(Cc1ccc(Cl)cc1)C(=O)CCCN(c1cc(Cl)ccc1Cl)S(C)(=O)=O. The van der Waals surface area contributed by atoms with Crippen molar-refractivity contribution >= 4 is 62.3 Å². The van der Waals surface area contributed by atoms with E-state index in [9.17, 15) is 18.0 Å². The van der Waals surface area contributed by atoms with Crippen LogP contribution in [0.1, 0.15) is 52.0 Å². The predicted molar refractivity (Wildman–Crippen MR) is 152 cm³/mol. The Morgan fingerprint density at radius 2 is 1.59 bits per heavy atom. The monoisotopic (exact) mass is 589 g/mol. The fourth-order valence-corrected chi connectivity index (χ4v) is 5.34. The highest BCUT2D eigenvalue weighted by atomic mass is 35.5. The molecule has 2 aromatic carbocycles. The summed E-state index contributed by atoms with van der Waals surface area (Å²) in [5.41, 5.74) is 1.08. The van der Waals surface area contributed by atoms with Gasteiger partial charge in [-0.3, -0.25) is 13.9 Å². The van der Waals surface area contributed by atoms with Gasteiger partial charge in [-0.1, -0.05) is 60.8 Å². The zero-order chi connectivity index (χ0) is 27.8. The van der Waals surface area contributed by atoms with E-state index in [1.54, 1.807) is 23.1 Å². The van der Waals surface area contributed by atoms with Gasteiger partial charge in [0.15, 0.2) is 0 Å². The predicted octanol–water partition coefficient (Wildman–Crippen LogP) is 5.92. The minimum Gasteiger partial charge on any atom is -0.352 e. The molecule has 204 valence electrons. The average molecular weight is 591 g/mol. The number of halogens is 3. The van der Waals surface area contributed by atoms with E-state index < -0.39 is 16.1 Å². The van der Waals surface area contributed by atoms with Gasteiger partial charge in [0.1, 0.15) is 6.04 Å². The Morgan fingerprint density at radius 3 is 2.16 bits per heavy atom. The number of benzene rings is 2. The van der Waals surface area contributed by atoms with Crippen LogP contribution in [0.5, 0.6) is 0 Å². The van der Waals surface area contributed by atoms with Crippen LogP contribution in [-0.4, -0.2) is 50.0 Å². The number of amides is 2. The van der Waals surface area contributed by atoms with E-state index in [2.05, 4.69) is 5.32 Å². The van der Waals surface area contributed by atoms with Crippen LogP contribution >= 0.6 is 34.8 Å². The topological polar surface area (TPSA) is 86.8 Å². The van der Waals surface area contributed by atoms with Crippen molar-refractivity contribution in [3.8, 4) is 0 Å². The first-order chi connectivity index (χ1) is 17.4. The zero-order valence-electron chi connectivity index (χ0n) is 21.5. The molecular weight excluding hydrogens is 557 g/mol. The van der Waals surface area contributed by atoms with Gasteiger partial charge < -0.3 is 10.2 Å². The van der Waals surface area contributed by atoms with Crippen molar-refractivity contribution < 1.29 is 18.0 Å². The molecule has 7 nitrogen and oxygen atoms in total. The lowest BCUT2D eigenvalue weighted by Crippen LogP contribution is -2.50. The van der Waals surface area contributed by atoms with Gasteiger partial charge in [0.2, 0.25) is 21.8 Å². The first-order valence-electron chi connectivity index (χ1n) is 12.1. The molecule has 0 aliphatic heterocycles. The van der Waals surface area contributed by atoms with Gasteiger partial charge in [-0.2, -0.15) is 0 Å². The minimum absolute atomic E-state index is 0.0231. The van der Waals surface area contributed by atoms with Crippen LogP contribution in [0.15, 0.2) is 42.5 Å². The summed E-state index contributed by atoms with van der Waals surface area (Å²) >= 11 is 18.3. The van der Waals surface area contributed by atoms with E-state index in [0.717, 1.165) is 22.5 Å². The number of sulfonamides is 1. The Balaban J connectivity index is 2.25. The van der Waals surface area contributed by atoms with Crippen molar-refractivity contribution in [3.63, 3.8) is 0 Å². The molecule has 0 bridgehead atoms. The van der Waals surface area contributed by atoms with Crippen LogP contribution in [0.3, 0.4) is 0 Å². The summed E-state index contributed by atoms with van der Waals surface area (Å²) in [6, 6.07) is 11.0. The first kappa shape index (κ1) is 31.2. The zero-order valence-corrected chi connectivity index (χ0v) is 24.6. The number of anilines is 1. The third-order valence-electron chi connectivity index (χ3n) is 5.98. The molecule has 1 N–H and O–H groups in total. The van der Waals surface area contributed by atoms with Crippen LogP contribution < -0.4 is 9.62 Å². The second-order valence-electron chi connectivity index (χ2n) is 8.92. The van der Waals surface area contributed by atoms with Gasteiger partial charge in [-0.15, -0.1) is 0 Å². The molecule has 0 spiro atoms. The summed E-state index contributed by atoms with van der Waals surface area (Å²) in [4.78, 5) is 28.1. The largest absolute Gasteiger partial charge is 0.352 e. The Kier molecular flexibility index (Phi) is 12.0. The Bertz CT molecular complexity index is 1180. The molecule has 2 amide bonds. The van der Waals surface area contributed by atoms with Crippen molar-refractivity contribution in [2.24, 2.45) is 0 Å². The molecule has 0 saturated carbocycles. The molecule has 11 heteroatoms. The summed E-state index contributed by atoms with van der Waals surface area (Å²) in [5, 5.41) is 4.12. The van der Waals surface area contributed by atoms with E-state index in [0.29, 0.717) is 16.5 Å². The van der Waals surface area contributed by atoms with E-state index in [1.165, 1.54) is 12.1 Å². The fourth-order valence-electron chi connectivity index (χ4n) is 3.81. The number of nitrogens with zero attached hydrogens (tertiary/aromatic N) is 2. The quantitative estimate of drug-likeness (QED) is 0.314. The van der Waals surface area contributed by atoms with E-state index >= 15 is 0 Å². The summed E-state index contributed by atoms with van der Waals surface area (Å²) < 4.78 is 26.2. The normalized spacial score (nSPS) is 13.1. The van der Waals surface area contributed by atoms with Gasteiger partial charge in [-0.05, 0) is 62.1 Å². The van der Waals surface area contributed by atoms with Gasteiger partial charge >= 0.3 is 0 Å². The molecule has 0 aliphatic carbocycles. The highest BCUT2D eigenvalue weighted by Gasteiger charge is 2.29. The van der Waals surface area contributed by atoms with Crippen molar-refractivity contribution in [1.29, 1.82) is 0 Å². The second-order valence-corrected chi connectivity index (χ2v) is 12.1. The van der Waals surface area contributed by atoms with Crippen molar-refractivity contribution in [2.75, 3.05) is 17.1 Å². The molecule has 0 aliphatic rings. The van der Waals surface area contributed by atoms with Crippen LogP contribution in [0, 0.1) is 0 Å². The first-order valence-corrected chi connectivity index (χ1v) is 15.1. The third-order valence-corrected chi connectivity index (χ3v) is 7.97. The highest BCUT2D eigenvalue weighted by Crippen LogP contribution is 2.31. The molecule has 0 saturated heterocycles. The van der Waals surface area contributed by atoms with Gasteiger partial charge in [0, 0.05) is 35.6 Å². The van der Waals surface area contributed by atoms with Gasteiger partial charge in [0.05, 0.1) is 17.0 Å². The van der Waals surface area contributed by atoms with Gasteiger partial charge in [0.25, 0.3) is 0 Å². The summed E-state index contributed by atoms with van der Waals surface area (Å²) in [6.45, 7) is 5.99. The van der Waals surface area contributed by atoms with Crippen LogP contribution in [0.2, 0.25) is 15.1 Å². The van der Waals surface area contributed by atoms with E-state index in [-0.39, 0.29) is 54.5 Å². The maximum absolute atomic E-state index is 13.5. The number of rotatable bonds is 13. The molecular formula is C26H34Cl3N3O4S. The Hall–Kier alpha value is -2.00. The highest BCUT2D eigenvalue weighted by molar-refractivity contribution is 7.92. The molecule has 37 heavy (non-hydrogen) atoms. The lowest BCUT2D eigenvalue weighted by Gasteiger charge is -2.32. The standard InChI is InChI=1S/C26H34Cl3N3O4S/c1-5-18(3)30-26(34)23(6-2)31(17-19-9-11-20(27)12-10-19)25(33)8-7-15-32(37(4,35)36)24-16-21(28)13-14-22(24)29/h9-14,16,18,23H,5-8,15,17H2,1-4H3,(H,30,34)/t18-,23-/m1/s1. The van der Waals surface area contributed by atoms with Crippen LogP contribution in [-0.2, 0) is 26.2 Å². The van der Waals surface area contributed by atoms with Crippen LogP contribution in [0.4, 0.5) is 5.69 Å². The summed E-state index contributed by atoms with van der Waals surface area (Å²) in [7, 11) is -3.69. The van der Waals surface area contributed by atoms with E-state index in [1.807, 2.05) is 32.9 Å². The maximum Gasteiger partial charge on any atom is 0.243 e. The van der Waals surface area contributed by atoms with Crippen LogP contribution in [0.25, 0.3) is 0 Å². The number of hydrogen-bond acceptors (Lipinski definition) is 4.